The molecule has 0 spiro atoms. The fourth-order valence-electron chi connectivity index (χ4n) is 2.16. The minimum absolute atomic E-state index is 0.146. The van der Waals surface area contributed by atoms with Crippen LogP contribution in [0.25, 0.3) is 10.9 Å². The van der Waals surface area contributed by atoms with E-state index in [0.29, 0.717) is 10.4 Å². The van der Waals surface area contributed by atoms with E-state index < -0.39 is 17.2 Å². The number of rotatable bonds is 3. The van der Waals surface area contributed by atoms with Gasteiger partial charge in [0.25, 0.3) is 0 Å². The lowest BCUT2D eigenvalue weighted by molar-refractivity contribution is -0.274. The first kappa shape index (κ1) is 16.3. The number of aromatic nitrogens is 1. The number of halogens is 3. The van der Waals surface area contributed by atoms with Gasteiger partial charge in [0.05, 0.1) is 11.1 Å². The lowest BCUT2D eigenvalue weighted by atomic mass is 10.2. The number of carbonyl (C=O) groups excluding carboxylic acids is 1. The van der Waals surface area contributed by atoms with E-state index in [9.17, 15) is 18.0 Å². The molecule has 3 nitrogen and oxygen atoms in total. The highest BCUT2D eigenvalue weighted by atomic mass is 32.2. The maximum absolute atomic E-state index is 12.5. The van der Waals surface area contributed by atoms with Crippen molar-refractivity contribution in [2.24, 2.45) is 0 Å². The zero-order chi connectivity index (χ0) is 17.2. The maximum Gasteiger partial charge on any atom is 0.573 e. The SMILES string of the molecule is O=C(Sc1cccc2cccnc12)c1ccccc1OC(F)(F)F. The van der Waals surface area contributed by atoms with Gasteiger partial charge in [-0.25, -0.2) is 0 Å². The number of nitrogens with zero attached hydrogens (tertiary/aromatic N) is 1. The van der Waals surface area contributed by atoms with Gasteiger partial charge < -0.3 is 4.74 Å². The average Bonchev–Trinajstić information content (AvgIpc) is 2.54. The van der Waals surface area contributed by atoms with Gasteiger partial charge in [0.1, 0.15) is 5.75 Å². The zero-order valence-corrected chi connectivity index (χ0v) is 12.9. The minimum Gasteiger partial charge on any atom is -0.405 e. The van der Waals surface area contributed by atoms with Crippen LogP contribution in [0.2, 0.25) is 0 Å². The van der Waals surface area contributed by atoms with Crippen molar-refractivity contribution in [2.75, 3.05) is 0 Å². The molecule has 2 aromatic carbocycles. The average molecular weight is 349 g/mol. The van der Waals surface area contributed by atoms with Crippen molar-refractivity contribution in [3.05, 3.63) is 66.4 Å². The summed E-state index contributed by atoms with van der Waals surface area (Å²) in [5.41, 5.74) is 0.473. The molecule has 7 heteroatoms. The predicted octanol–water partition coefficient (Wildman–Crippen LogP) is 5.07. The number of ether oxygens (including phenoxy) is 1. The van der Waals surface area contributed by atoms with Gasteiger partial charge in [0.15, 0.2) is 0 Å². The fraction of sp³-hybridized carbons (Fsp3) is 0.0588. The van der Waals surface area contributed by atoms with Crippen LogP contribution in [0.3, 0.4) is 0 Å². The number of para-hydroxylation sites is 2. The first-order valence-electron chi connectivity index (χ1n) is 6.85. The van der Waals surface area contributed by atoms with E-state index in [1.54, 1.807) is 24.4 Å². The van der Waals surface area contributed by atoms with Crippen molar-refractivity contribution >= 4 is 27.8 Å². The molecule has 1 aromatic heterocycles. The molecule has 0 aliphatic heterocycles. The van der Waals surface area contributed by atoms with Gasteiger partial charge in [-0.15, -0.1) is 13.2 Å². The van der Waals surface area contributed by atoms with Crippen molar-refractivity contribution in [1.82, 2.24) is 4.98 Å². The molecule has 3 rings (SSSR count). The number of benzene rings is 2. The molecule has 0 fully saturated rings. The summed E-state index contributed by atoms with van der Waals surface area (Å²) in [6, 6.07) is 14.2. The van der Waals surface area contributed by atoms with E-state index in [2.05, 4.69) is 9.72 Å². The number of carbonyl (C=O) groups is 1. The second-order valence-corrected chi connectivity index (χ2v) is 5.78. The number of fused-ring (bicyclic) bond motifs is 1. The third-order valence-corrected chi connectivity index (χ3v) is 4.09. The Morgan fingerprint density at radius 2 is 1.75 bits per heavy atom. The Kier molecular flexibility index (Phi) is 4.44. The highest BCUT2D eigenvalue weighted by Crippen LogP contribution is 2.33. The second kappa shape index (κ2) is 6.52. The normalized spacial score (nSPS) is 11.5. The quantitative estimate of drug-likeness (QED) is 0.619. The van der Waals surface area contributed by atoms with Crippen LogP contribution in [0.5, 0.6) is 5.75 Å². The van der Waals surface area contributed by atoms with E-state index in [-0.39, 0.29) is 5.56 Å². The van der Waals surface area contributed by atoms with Gasteiger partial charge in [0, 0.05) is 16.5 Å². The van der Waals surface area contributed by atoms with Gasteiger partial charge in [-0.05, 0) is 36.0 Å². The van der Waals surface area contributed by atoms with Gasteiger partial charge in [-0.3, -0.25) is 9.78 Å². The van der Waals surface area contributed by atoms with E-state index >= 15 is 0 Å². The molecular weight excluding hydrogens is 339 g/mol. The van der Waals surface area contributed by atoms with Crippen LogP contribution < -0.4 is 4.74 Å². The number of alkyl halides is 3. The van der Waals surface area contributed by atoms with Gasteiger partial charge in [-0.1, -0.05) is 30.3 Å². The number of pyridine rings is 1. The molecule has 0 aliphatic rings. The lowest BCUT2D eigenvalue weighted by Gasteiger charge is -2.12. The van der Waals surface area contributed by atoms with Crippen LogP contribution >= 0.6 is 11.8 Å². The molecule has 3 aromatic rings. The Bertz CT molecular complexity index is 891. The molecular formula is C17H10F3NO2S. The van der Waals surface area contributed by atoms with E-state index in [1.807, 2.05) is 12.1 Å². The summed E-state index contributed by atoms with van der Waals surface area (Å²) in [7, 11) is 0. The van der Waals surface area contributed by atoms with Crippen molar-refractivity contribution < 1.29 is 22.7 Å². The van der Waals surface area contributed by atoms with Gasteiger partial charge in [-0.2, -0.15) is 0 Å². The van der Waals surface area contributed by atoms with E-state index in [4.69, 9.17) is 0 Å². The van der Waals surface area contributed by atoms with Gasteiger partial charge in [0.2, 0.25) is 5.12 Å². The van der Waals surface area contributed by atoms with Crippen LogP contribution in [0.15, 0.2) is 65.7 Å². The Morgan fingerprint density at radius 3 is 2.54 bits per heavy atom. The molecule has 0 atom stereocenters. The second-order valence-electron chi connectivity index (χ2n) is 4.76. The maximum atomic E-state index is 12.5. The van der Waals surface area contributed by atoms with Crippen LogP contribution in [0, 0.1) is 0 Å². The molecule has 0 aliphatic carbocycles. The zero-order valence-electron chi connectivity index (χ0n) is 12.1. The molecule has 24 heavy (non-hydrogen) atoms. The third-order valence-electron chi connectivity index (χ3n) is 3.13. The summed E-state index contributed by atoms with van der Waals surface area (Å²) in [6.45, 7) is 0. The van der Waals surface area contributed by atoms with Crippen LogP contribution in [-0.2, 0) is 0 Å². The van der Waals surface area contributed by atoms with Crippen molar-refractivity contribution in [3.63, 3.8) is 0 Å². The molecule has 0 bridgehead atoms. The summed E-state index contributed by atoms with van der Waals surface area (Å²) in [5.74, 6) is -0.518. The largest absolute Gasteiger partial charge is 0.573 e. The third kappa shape index (κ3) is 3.68. The number of hydrogen-bond acceptors (Lipinski definition) is 4. The molecule has 0 radical (unpaired) electrons. The number of hydrogen-bond donors (Lipinski definition) is 0. The minimum atomic E-state index is -4.86. The van der Waals surface area contributed by atoms with Crippen LogP contribution in [0.4, 0.5) is 13.2 Å². The molecule has 122 valence electrons. The van der Waals surface area contributed by atoms with Crippen molar-refractivity contribution in [2.45, 2.75) is 11.3 Å². The summed E-state index contributed by atoms with van der Waals surface area (Å²) in [5, 5.41) is 0.295. The Labute approximate surface area is 139 Å². The monoisotopic (exact) mass is 349 g/mol. The lowest BCUT2D eigenvalue weighted by Crippen LogP contribution is -2.18. The Hall–Kier alpha value is -2.54. The molecule has 0 N–H and O–H groups in total. The predicted molar refractivity (Wildman–Crippen MR) is 85.1 cm³/mol. The number of thioether (sulfide) groups is 1. The first-order valence-corrected chi connectivity index (χ1v) is 7.66. The molecule has 0 saturated heterocycles. The molecule has 0 unspecified atom stereocenters. The smallest absolute Gasteiger partial charge is 0.405 e. The standard InChI is InChI=1S/C17H10F3NO2S/c18-17(19,20)23-13-8-2-1-7-12(13)16(22)24-14-9-3-5-11-6-4-10-21-15(11)14/h1-10H. The molecule has 0 amide bonds. The van der Waals surface area contributed by atoms with E-state index in [0.717, 1.165) is 23.2 Å². The van der Waals surface area contributed by atoms with Crippen LogP contribution in [0.1, 0.15) is 10.4 Å². The van der Waals surface area contributed by atoms with Crippen LogP contribution in [-0.4, -0.2) is 16.5 Å². The summed E-state index contributed by atoms with van der Waals surface area (Å²) in [4.78, 5) is 17.2. The van der Waals surface area contributed by atoms with E-state index in [1.165, 1.54) is 18.2 Å². The van der Waals surface area contributed by atoms with Crippen molar-refractivity contribution in [1.29, 1.82) is 0 Å². The molecule has 1 heterocycles. The summed E-state index contributed by atoms with van der Waals surface area (Å²) < 4.78 is 41.3. The topological polar surface area (TPSA) is 39.2 Å². The highest BCUT2D eigenvalue weighted by Gasteiger charge is 2.33. The Balaban J connectivity index is 1.93. The highest BCUT2D eigenvalue weighted by molar-refractivity contribution is 8.14. The fourth-order valence-corrected chi connectivity index (χ4v) is 3.05. The summed E-state index contributed by atoms with van der Waals surface area (Å²) >= 11 is 0.818. The summed E-state index contributed by atoms with van der Waals surface area (Å²) in [6.07, 6.45) is -3.26. The Morgan fingerprint density at radius 1 is 1.00 bits per heavy atom. The first-order chi connectivity index (χ1) is 11.4. The van der Waals surface area contributed by atoms with Gasteiger partial charge >= 0.3 is 6.36 Å². The molecule has 0 saturated carbocycles. The van der Waals surface area contributed by atoms with Crippen molar-refractivity contribution in [3.8, 4) is 5.75 Å².